The summed E-state index contributed by atoms with van der Waals surface area (Å²) in [6.45, 7) is 1.16. The molecule has 0 bridgehead atoms. The molecular weight excluding hydrogens is 414 g/mol. The van der Waals surface area contributed by atoms with Crippen LogP contribution in [0.4, 0.5) is 0 Å². The van der Waals surface area contributed by atoms with Crippen LogP contribution in [0.3, 0.4) is 0 Å². The van der Waals surface area contributed by atoms with E-state index in [2.05, 4.69) is 4.98 Å². The molecule has 1 aromatic heterocycles. The van der Waals surface area contributed by atoms with Crippen LogP contribution in [-0.4, -0.2) is 53.8 Å². The third-order valence-corrected chi connectivity index (χ3v) is 6.29. The van der Waals surface area contributed by atoms with Crippen LogP contribution in [0, 0.1) is 5.92 Å². The highest BCUT2D eigenvalue weighted by molar-refractivity contribution is 5.94. The van der Waals surface area contributed by atoms with Crippen molar-refractivity contribution in [3.63, 3.8) is 0 Å². The Bertz CT molecular complexity index is 1060. The third kappa shape index (κ3) is 5.06. The minimum atomic E-state index is -0.298. The molecule has 0 N–H and O–H groups in total. The summed E-state index contributed by atoms with van der Waals surface area (Å²) in [5, 5.41) is 0. The van der Waals surface area contributed by atoms with E-state index in [1.54, 1.807) is 18.2 Å². The monoisotopic (exact) mass is 443 g/mol. The molecule has 0 saturated carbocycles. The predicted octanol–water partition coefficient (Wildman–Crippen LogP) is 4.19. The number of hydrogen-bond acceptors (Lipinski definition) is 4. The SMILES string of the molecule is COc1ccc(C(c2ccccn2)N(C)C(=O)C2CCN(C(=O)c3ccccc3)CC2)cc1. The molecule has 1 atom stereocenters. The van der Waals surface area contributed by atoms with Gasteiger partial charge in [0.2, 0.25) is 5.91 Å². The lowest BCUT2D eigenvalue weighted by Gasteiger charge is -2.36. The second-order valence-electron chi connectivity index (χ2n) is 8.31. The number of amides is 2. The van der Waals surface area contributed by atoms with Crippen LogP contribution in [0.1, 0.15) is 40.5 Å². The number of carbonyl (C=O) groups is 2. The van der Waals surface area contributed by atoms with Gasteiger partial charge in [0.05, 0.1) is 18.8 Å². The lowest BCUT2D eigenvalue weighted by Crippen LogP contribution is -2.44. The Balaban J connectivity index is 1.48. The lowest BCUT2D eigenvalue weighted by molar-refractivity contribution is -0.137. The van der Waals surface area contributed by atoms with Crippen molar-refractivity contribution in [2.45, 2.75) is 18.9 Å². The molecule has 0 spiro atoms. The topological polar surface area (TPSA) is 62.7 Å². The van der Waals surface area contributed by atoms with Gasteiger partial charge < -0.3 is 14.5 Å². The van der Waals surface area contributed by atoms with Gasteiger partial charge in [0, 0.05) is 37.8 Å². The number of hydrogen-bond donors (Lipinski definition) is 0. The number of carbonyl (C=O) groups excluding carboxylic acids is 2. The summed E-state index contributed by atoms with van der Waals surface area (Å²) in [5.41, 5.74) is 2.48. The van der Waals surface area contributed by atoms with Crippen LogP contribution in [0.25, 0.3) is 0 Å². The number of ether oxygens (including phenoxy) is 1. The maximum absolute atomic E-state index is 13.5. The van der Waals surface area contributed by atoms with Crippen LogP contribution >= 0.6 is 0 Å². The van der Waals surface area contributed by atoms with E-state index in [4.69, 9.17) is 4.74 Å². The van der Waals surface area contributed by atoms with E-state index in [0.717, 1.165) is 17.0 Å². The molecule has 1 aliphatic rings. The Hall–Kier alpha value is -3.67. The highest BCUT2D eigenvalue weighted by atomic mass is 16.5. The summed E-state index contributed by atoms with van der Waals surface area (Å²) < 4.78 is 5.29. The number of piperidine rings is 1. The Kier molecular flexibility index (Phi) is 7.03. The van der Waals surface area contributed by atoms with Gasteiger partial charge in [-0.05, 0) is 54.8 Å². The zero-order chi connectivity index (χ0) is 23.2. The first-order valence-electron chi connectivity index (χ1n) is 11.2. The van der Waals surface area contributed by atoms with Crippen molar-refractivity contribution < 1.29 is 14.3 Å². The highest BCUT2D eigenvalue weighted by Crippen LogP contribution is 2.31. The third-order valence-electron chi connectivity index (χ3n) is 6.29. The fourth-order valence-electron chi connectivity index (χ4n) is 4.42. The number of nitrogens with zero attached hydrogens (tertiary/aromatic N) is 3. The summed E-state index contributed by atoms with van der Waals surface area (Å²) in [7, 11) is 3.48. The maximum atomic E-state index is 13.5. The van der Waals surface area contributed by atoms with E-state index in [-0.39, 0.29) is 23.8 Å². The Labute approximate surface area is 194 Å². The number of pyridine rings is 1. The summed E-state index contributed by atoms with van der Waals surface area (Å²) in [5.74, 6) is 0.745. The van der Waals surface area contributed by atoms with Crippen LogP contribution in [0.2, 0.25) is 0 Å². The molecule has 0 aliphatic carbocycles. The van der Waals surface area contributed by atoms with Gasteiger partial charge in [-0.25, -0.2) is 0 Å². The molecule has 0 radical (unpaired) electrons. The molecule has 33 heavy (non-hydrogen) atoms. The summed E-state index contributed by atoms with van der Waals surface area (Å²) in [6.07, 6.45) is 3.05. The number of benzene rings is 2. The van der Waals surface area contributed by atoms with E-state index in [0.29, 0.717) is 31.5 Å². The number of rotatable bonds is 6. The normalized spacial score (nSPS) is 15.0. The largest absolute Gasteiger partial charge is 0.497 e. The van der Waals surface area contributed by atoms with Crippen LogP contribution in [0.15, 0.2) is 79.0 Å². The van der Waals surface area contributed by atoms with Crippen LogP contribution in [0.5, 0.6) is 5.75 Å². The average molecular weight is 444 g/mol. The van der Waals surface area contributed by atoms with E-state index in [9.17, 15) is 9.59 Å². The number of aromatic nitrogens is 1. The minimum absolute atomic E-state index is 0.0273. The van der Waals surface area contributed by atoms with Gasteiger partial charge in [-0.3, -0.25) is 14.6 Å². The molecule has 3 aromatic rings. The molecule has 6 nitrogen and oxygen atoms in total. The van der Waals surface area contributed by atoms with E-state index >= 15 is 0 Å². The van der Waals surface area contributed by atoms with Crippen molar-refractivity contribution in [1.29, 1.82) is 0 Å². The standard InChI is InChI=1S/C27H29N3O3/c1-29(25(24-10-6-7-17-28-24)20-11-13-23(33-2)14-12-20)26(31)22-15-18-30(19-16-22)27(32)21-8-4-3-5-9-21/h3-14,17,22,25H,15-16,18-19H2,1-2H3. The number of methoxy groups -OCH3 is 1. The first kappa shape index (κ1) is 22.5. The molecule has 2 heterocycles. The molecule has 1 aliphatic heterocycles. The van der Waals surface area contributed by atoms with Gasteiger partial charge in [-0.15, -0.1) is 0 Å². The highest BCUT2D eigenvalue weighted by Gasteiger charge is 2.33. The predicted molar refractivity (Wildman–Crippen MR) is 127 cm³/mol. The Morgan fingerprint density at radius 3 is 2.24 bits per heavy atom. The molecule has 2 amide bonds. The zero-order valence-electron chi connectivity index (χ0n) is 19.1. The molecular formula is C27H29N3O3. The van der Waals surface area contributed by atoms with E-state index in [1.165, 1.54) is 0 Å². The van der Waals surface area contributed by atoms with Gasteiger partial charge >= 0.3 is 0 Å². The first-order valence-corrected chi connectivity index (χ1v) is 11.2. The van der Waals surface area contributed by atoms with Gasteiger partial charge in [0.1, 0.15) is 5.75 Å². The Morgan fingerprint density at radius 2 is 1.64 bits per heavy atom. The van der Waals surface area contributed by atoms with Crippen molar-refractivity contribution in [3.05, 3.63) is 95.8 Å². The van der Waals surface area contributed by atoms with Crippen LogP contribution in [-0.2, 0) is 4.79 Å². The lowest BCUT2D eigenvalue weighted by atomic mass is 9.93. The number of likely N-dealkylation sites (tertiary alicyclic amines) is 1. The second kappa shape index (κ2) is 10.3. The van der Waals surface area contributed by atoms with Crippen molar-refractivity contribution >= 4 is 11.8 Å². The van der Waals surface area contributed by atoms with Crippen molar-refractivity contribution in [3.8, 4) is 5.75 Å². The Morgan fingerprint density at radius 1 is 0.970 bits per heavy atom. The fraction of sp³-hybridized carbons (Fsp3) is 0.296. The average Bonchev–Trinajstić information content (AvgIpc) is 2.89. The second-order valence-corrected chi connectivity index (χ2v) is 8.31. The molecule has 1 saturated heterocycles. The molecule has 6 heteroatoms. The maximum Gasteiger partial charge on any atom is 0.253 e. The molecule has 2 aromatic carbocycles. The van der Waals surface area contributed by atoms with Gasteiger partial charge in [0.15, 0.2) is 0 Å². The summed E-state index contributed by atoms with van der Waals surface area (Å²) in [6, 6.07) is 22.5. The van der Waals surface area contributed by atoms with Gasteiger partial charge in [-0.1, -0.05) is 36.4 Å². The minimum Gasteiger partial charge on any atom is -0.497 e. The smallest absolute Gasteiger partial charge is 0.253 e. The zero-order valence-corrected chi connectivity index (χ0v) is 19.1. The molecule has 170 valence electrons. The first-order chi connectivity index (χ1) is 16.1. The summed E-state index contributed by atoms with van der Waals surface area (Å²) in [4.78, 5) is 34.5. The van der Waals surface area contributed by atoms with Crippen LogP contribution < -0.4 is 4.74 Å². The fourth-order valence-corrected chi connectivity index (χ4v) is 4.42. The molecule has 4 rings (SSSR count). The summed E-state index contributed by atoms with van der Waals surface area (Å²) >= 11 is 0. The molecule has 1 unspecified atom stereocenters. The van der Waals surface area contributed by atoms with Crippen molar-refractivity contribution in [2.75, 3.05) is 27.2 Å². The van der Waals surface area contributed by atoms with E-state index < -0.39 is 0 Å². The van der Waals surface area contributed by atoms with Gasteiger partial charge in [0.25, 0.3) is 5.91 Å². The van der Waals surface area contributed by atoms with Gasteiger partial charge in [-0.2, -0.15) is 0 Å². The molecule has 1 fully saturated rings. The van der Waals surface area contributed by atoms with Crippen molar-refractivity contribution in [1.82, 2.24) is 14.8 Å². The van der Waals surface area contributed by atoms with E-state index in [1.807, 2.05) is 84.7 Å². The quantitative estimate of drug-likeness (QED) is 0.573. The van der Waals surface area contributed by atoms with Crippen molar-refractivity contribution in [2.24, 2.45) is 5.92 Å².